The van der Waals surface area contributed by atoms with Crippen molar-refractivity contribution >= 4 is 37.8 Å². The van der Waals surface area contributed by atoms with Gasteiger partial charge in [0.2, 0.25) is 21.8 Å². The number of sulfonamides is 1. The number of hydrogen-bond donors (Lipinski definition) is 2. The Kier molecular flexibility index (Phi) is 7.60. The molecule has 1 saturated heterocycles. The highest BCUT2D eigenvalue weighted by Gasteiger charge is 2.24. The van der Waals surface area contributed by atoms with E-state index in [-0.39, 0.29) is 35.7 Å². The van der Waals surface area contributed by atoms with E-state index >= 15 is 0 Å². The van der Waals surface area contributed by atoms with Crippen LogP contribution in [0.4, 0.5) is 0 Å². The first-order valence-corrected chi connectivity index (χ1v) is 10.9. The number of nitrogens with one attached hydrogen (secondary N) is 2. The van der Waals surface area contributed by atoms with Gasteiger partial charge in [-0.1, -0.05) is 28.9 Å². The Morgan fingerprint density at radius 2 is 2.12 bits per heavy atom. The van der Waals surface area contributed by atoms with Gasteiger partial charge >= 0.3 is 0 Å². The number of rotatable bonds is 7. The summed E-state index contributed by atoms with van der Waals surface area (Å²) < 4.78 is 27.6. The van der Waals surface area contributed by atoms with Crippen LogP contribution in [0.5, 0.6) is 0 Å². The van der Waals surface area contributed by atoms with Crippen LogP contribution in [0.15, 0.2) is 33.6 Å². The maximum absolute atomic E-state index is 12.3. The molecule has 0 spiro atoms. The Hall–Kier alpha value is -1.45. The van der Waals surface area contributed by atoms with E-state index in [0.717, 1.165) is 12.8 Å². The third-order valence-electron chi connectivity index (χ3n) is 4.20. The molecule has 7 nitrogen and oxygen atoms in total. The van der Waals surface area contributed by atoms with Crippen molar-refractivity contribution in [3.05, 3.63) is 28.7 Å². The highest BCUT2D eigenvalue weighted by molar-refractivity contribution is 9.10. The molecule has 26 heavy (non-hydrogen) atoms. The number of piperidine rings is 1. The molecule has 1 atom stereocenters. The quantitative estimate of drug-likeness (QED) is 0.666. The number of halogens is 1. The van der Waals surface area contributed by atoms with E-state index in [1.165, 1.54) is 12.1 Å². The molecule has 0 saturated carbocycles. The van der Waals surface area contributed by atoms with Gasteiger partial charge in [-0.15, -0.1) is 0 Å². The van der Waals surface area contributed by atoms with E-state index in [9.17, 15) is 18.0 Å². The van der Waals surface area contributed by atoms with Crippen LogP contribution in [0.1, 0.15) is 32.6 Å². The van der Waals surface area contributed by atoms with Gasteiger partial charge in [0.25, 0.3) is 0 Å². The van der Waals surface area contributed by atoms with Crippen molar-refractivity contribution in [1.29, 1.82) is 0 Å². The van der Waals surface area contributed by atoms with Crippen molar-refractivity contribution in [2.45, 2.75) is 43.5 Å². The van der Waals surface area contributed by atoms with Gasteiger partial charge < -0.3 is 10.2 Å². The molecule has 0 aliphatic carbocycles. The van der Waals surface area contributed by atoms with Crippen molar-refractivity contribution < 1.29 is 18.0 Å². The Bertz CT molecular complexity index is 754. The van der Waals surface area contributed by atoms with Crippen LogP contribution < -0.4 is 10.0 Å². The zero-order chi connectivity index (χ0) is 19.2. The molecular weight excluding hydrogens is 422 g/mol. The minimum atomic E-state index is -3.65. The van der Waals surface area contributed by atoms with Gasteiger partial charge in [0.15, 0.2) is 0 Å². The number of carbonyl (C=O) groups excluding carboxylic acids is 2. The summed E-state index contributed by atoms with van der Waals surface area (Å²) in [6.45, 7) is 2.94. The second-order valence-electron chi connectivity index (χ2n) is 6.21. The third-order valence-corrected chi connectivity index (χ3v) is 6.15. The zero-order valence-corrected chi connectivity index (χ0v) is 17.1. The fourth-order valence-corrected chi connectivity index (χ4v) is 4.45. The van der Waals surface area contributed by atoms with Crippen LogP contribution in [0.3, 0.4) is 0 Å². The Morgan fingerprint density at radius 3 is 2.81 bits per heavy atom. The van der Waals surface area contributed by atoms with E-state index in [2.05, 4.69) is 26.0 Å². The minimum absolute atomic E-state index is 0.0221. The molecule has 1 unspecified atom stereocenters. The van der Waals surface area contributed by atoms with Gasteiger partial charge in [-0.3, -0.25) is 9.59 Å². The summed E-state index contributed by atoms with van der Waals surface area (Å²) in [4.78, 5) is 25.7. The normalized spacial score (nSPS) is 17.8. The predicted octanol–water partition coefficient (Wildman–Crippen LogP) is 1.63. The first-order valence-electron chi connectivity index (χ1n) is 8.64. The number of likely N-dealkylation sites (tertiary alicyclic amines) is 1. The molecule has 2 N–H and O–H groups in total. The lowest BCUT2D eigenvalue weighted by atomic mass is 10.1. The summed E-state index contributed by atoms with van der Waals surface area (Å²) in [6.07, 6.45) is 2.18. The van der Waals surface area contributed by atoms with E-state index in [0.29, 0.717) is 24.0 Å². The molecule has 9 heteroatoms. The van der Waals surface area contributed by atoms with Gasteiger partial charge in [-0.05, 0) is 31.0 Å². The molecule has 2 rings (SSSR count). The topological polar surface area (TPSA) is 95.6 Å². The van der Waals surface area contributed by atoms with Crippen molar-refractivity contribution in [3.8, 4) is 0 Å². The Balaban J connectivity index is 1.83. The molecule has 144 valence electrons. The zero-order valence-electron chi connectivity index (χ0n) is 14.7. The maximum atomic E-state index is 12.3. The molecule has 1 aromatic carbocycles. The van der Waals surface area contributed by atoms with Crippen LogP contribution in [0.2, 0.25) is 0 Å². The van der Waals surface area contributed by atoms with Crippen LogP contribution >= 0.6 is 15.9 Å². The average Bonchev–Trinajstić information content (AvgIpc) is 2.61. The number of hydrogen-bond acceptors (Lipinski definition) is 4. The monoisotopic (exact) mass is 445 g/mol. The number of carbonyl (C=O) groups is 2. The van der Waals surface area contributed by atoms with Crippen molar-refractivity contribution in [2.75, 3.05) is 19.6 Å². The van der Waals surface area contributed by atoms with Gasteiger partial charge in [0.05, 0.1) is 4.90 Å². The molecule has 1 heterocycles. The smallest absolute Gasteiger partial charge is 0.240 e. The summed E-state index contributed by atoms with van der Waals surface area (Å²) in [5.74, 6) is -0.136. The SMILES string of the molecule is CCC(=O)NC1CCCN(C(=O)CCNS(=O)(=O)c2cccc(Br)c2)C1. The van der Waals surface area contributed by atoms with Gasteiger partial charge in [-0.25, -0.2) is 13.1 Å². The summed E-state index contributed by atoms with van der Waals surface area (Å²) in [7, 11) is -3.65. The van der Waals surface area contributed by atoms with E-state index in [4.69, 9.17) is 0 Å². The largest absolute Gasteiger partial charge is 0.352 e. The summed E-state index contributed by atoms with van der Waals surface area (Å²) in [5.41, 5.74) is 0. The minimum Gasteiger partial charge on any atom is -0.352 e. The van der Waals surface area contributed by atoms with Crippen LogP contribution in [-0.4, -0.2) is 50.8 Å². The fraction of sp³-hybridized carbons (Fsp3) is 0.529. The molecule has 1 aliphatic heterocycles. The lowest BCUT2D eigenvalue weighted by Gasteiger charge is -2.33. The Labute approximate surface area is 162 Å². The van der Waals surface area contributed by atoms with Gasteiger partial charge in [0.1, 0.15) is 0 Å². The molecule has 1 aliphatic rings. The van der Waals surface area contributed by atoms with Crippen LogP contribution in [-0.2, 0) is 19.6 Å². The van der Waals surface area contributed by atoms with Crippen molar-refractivity contribution in [1.82, 2.24) is 14.9 Å². The number of nitrogens with zero attached hydrogens (tertiary/aromatic N) is 1. The van der Waals surface area contributed by atoms with Crippen molar-refractivity contribution in [2.24, 2.45) is 0 Å². The van der Waals surface area contributed by atoms with Gasteiger partial charge in [0, 0.05) is 43.0 Å². The molecule has 2 amide bonds. The van der Waals surface area contributed by atoms with E-state index in [1.54, 1.807) is 24.0 Å². The highest BCUT2D eigenvalue weighted by Crippen LogP contribution is 2.16. The molecule has 0 radical (unpaired) electrons. The Morgan fingerprint density at radius 1 is 1.35 bits per heavy atom. The fourth-order valence-electron chi connectivity index (χ4n) is 2.82. The first-order chi connectivity index (χ1) is 12.3. The second kappa shape index (κ2) is 9.48. The highest BCUT2D eigenvalue weighted by atomic mass is 79.9. The van der Waals surface area contributed by atoms with E-state index in [1.807, 2.05) is 0 Å². The third kappa shape index (κ3) is 6.07. The summed E-state index contributed by atoms with van der Waals surface area (Å²) in [6, 6.07) is 6.36. The summed E-state index contributed by atoms with van der Waals surface area (Å²) >= 11 is 3.24. The molecule has 1 fully saturated rings. The van der Waals surface area contributed by atoms with Crippen LogP contribution in [0.25, 0.3) is 0 Å². The molecule has 0 bridgehead atoms. The second-order valence-corrected chi connectivity index (χ2v) is 8.89. The van der Waals surface area contributed by atoms with Crippen LogP contribution in [0, 0.1) is 0 Å². The average molecular weight is 446 g/mol. The van der Waals surface area contributed by atoms with Gasteiger partial charge in [-0.2, -0.15) is 0 Å². The molecule has 0 aromatic heterocycles. The lowest BCUT2D eigenvalue weighted by molar-refractivity contribution is -0.133. The predicted molar refractivity (Wildman–Crippen MR) is 102 cm³/mol. The standard InChI is InChI=1S/C17H24BrN3O4S/c1-2-16(22)20-14-6-4-10-21(12-14)17(23)8-9-19-26(24,25)15-7-3-5-13(18)11-15/h3,5,7,11,14,19H,2,4,6,8-10,12H2,1H3,(H,20,22). The summed E-state index contributed by atoms with van der Waals surface area (Å²) in [5, 5.41) is 2.91. The lowest BCUT2D eigenvalue weighted by Crippen LogP contribution is -2.49. The molecular formula is C17H24BrN3O4S. The van der Waals surface area contributed by atoms with Crippen molar-refractivity contribution in [3.63, 3.8) is 0 Å². The number of benzene rings is 1. The maximum Gasteiger partial charge on any atom is 0.240 e. The first kappa shape index (κ1) is 20.9. The number of amides is 2. The molecule has 1 aromatic rings. The van der Waals surface area contributed by atoms with E-state index < -0.39 is 10.0 Å².